The average Bonchev–Trinajstić information content (AvgIpc) is 3.31. The van der Waals surface area contributed by atoms with Gasteiger partial charge in [-0.15, -0.1) is 0 Å². The molecular formula is C39H42N4O. The maximum absolute atomic E-state index is 6.66. The summed E-state index contributed by atoms with van der Waals surface area (Å²) < 4.78 is 8.91. The van der Waals surface area contributed by atoms with Crippen LogP contribution >= 0.6 is 0 Å². The van der Waals surface area contributed by atoms with Crippen molar-refractivity contribution in [2.75, 3.05) is 12.4 Å². The number of pyridine rings is 1. The number of ether oxygens (including phenoxy) is 1. The van der Waals surface area contributed by atoms with Crippen LogP contribution in [0.3, 0.4) is 0 Å². The first kappa shape index (κ1) is 29.5. The minimum atomic E-state index is -0.0551. The number of hydrogen-bond donors (Lipinski definition) is 2. The topological polar surface area (TPSA) is 51.1 Å². The van der Waals surface area contributed by atoms with Gasteiger partial charge >= 0.3 is 0 Å². The van der Waals surface area contributed by atoms with Gasteiger partial charge in [0.1, 0.15) is 17.3 Å². The second kappa shape index (κ2) is 11.5. The largest absolute Gasteiger partial charge is 0.457 e. The summed E-state index contributed by atoms with van der Waals surface area (Å²) in [5, 5.41) is 9.29. The van der Waals surface area contributed by atoms with Crippen LogP contribution in [0.15, 0.2) is 103 Å². The van der Waals surface area contributed by atoms with Crippen LogP contribution in [0.2, 0.25) is 0 Å². The van der Waals surface area contributed by atoms with Gasteiger partial charge in [0, 0.05) is 47.0 Å². The molecule has 5 nitrogen and oxygen atoms in total. The van der Waals surface area contributed by atoms with Crippen LogP contribution in [0, 0.1) is 0 Å². The van der Waals surface area contributed by atoms with E-state index in [0.717, 1.165) is 46.3 Å². The number of fused-ring (bicyclic) bond motifs is 3. The van der Waals surface area contributed by atoms with Crippen LogP contribution in [0.1, 0.15) is 58.2 Å². The smallest absolute Gasteiger partial charge is 0.137 e. The van der Waals surface area contributed by atoms with Crippen molar-refractivity contribution in [1.29, 1.82) is 0 Å². The molecular weight excluding hydrogens is 540 g/mol. The molecule has 224 valence electrons. The Morgan fingerprint density at radius 1 is 0.682 bits per heavy atom. The van der Waals surface area contributed by atoms with Crippen molar-refractivity contribution in [1.82, 2.24) is 14.9 Å². The Hall–Kier alpha value is -4.61. The average molecular weight is 583 g/mol. The molecule has 2 N–H and O–H groups in total. The van der Waals surface area contributed by atoms with E-state index in [1.165, 1.54) is 27.5 Å². The Bertz CT molecular complexity index is 1960. The van der Waals surface area contributed by atoms with Crippen LogP contribution in [-0.4, -0.2) is 16.6 Å². The Balaban J connectivity index is 1.44. The Labute approximate surface area is 260 Å². The third-order valence-corrected chi connectivity index (χ3v) is 8.16. The second-order valence-corrected chi connectivity index (χ2v) is 13.6. The van der Waals surface area contributed by atoms with Crippen LogP contribution < -0.4 is 15.4 Å². The highest BCUT2D eigenvalue weighted by molar-refractivity contribution is 6.09. The van der Waals surface area contributed by atoms with Crippen molar-refractivity contribution in [2.24, 2.45) is 0 Å². The van der Waals surface area contributed by atoms with E-state index >= 15 is 0 Å². The lowest BCUT2D eigenvalue weighted by Gasteiger charge is -2.22. The Morgan fingerprint density at radius 2 is 1.41 bits per heavy atom. The van der Waals surface area contributed by atoms with Crippen LogP contribution in [0.4, 0.5) is 11.4 Å². The summed E-state index contributed by atoms with van der Waals surface area (Å²) in [6.07, 6.45) is 1.91. The highest BCUT2D eigenvalue weighted by Gasteiger charge is 2.20. The summed E-state index contributed by atoms with van der Waals surface area (Å²) in [5.74, 6) is 2.48. The monoisotopic (exact) mass is 582 g/mol. The molecule has 0 unspecified atom stereocenters. The predicted octanol–water partition coefficient (Wildman–Crippen LogP) is 10.0. The van der Waals surface area contributed by atoms with Gasteiger partial charge in [-0.25, -0.2) is 4.98 Å². The molecule has 0 spiro atoms. The van der Waals surface area contributed by atoms with Crippen LogP contribution in [0.5, 0.6) is 11.5 Å². The van der Waals surface area contributed by atoms with Crippen LogP contribution in [0.25, 0.3) is 27.6 Å². The van der Waals surface area contributed by atoms with Crippen molar-refractivity contribution in [2.45, 2.75) is 58.9 Å². The summed E-state index contributed by atoms with van der Waals surface area (Å²) >= 11 is 0. The zero-order valence-electron chi connectivity index (χ0n) is 26.8. The second-order valence-electron chi connectivity index (χ2n) is 13.6. The van der Waals surface area contributed by atoms with Crippen molar-refractivity contribution in [3.63, 3.8) is 0 Å². The van der Waals surface area contributed by atoms with E-state index < -0.39 is 0 Å². The van der Waals surface area contributed by atoms with Gasteiger partial charge in [-0.2, -0.15) is 0 Å². The maximum atomic E-state index is 6.66. The third-order valence-electron chi connectivity index (χ3n) is 8.16. The van der Waals surface area contributed by atoms with Gasteiger partial charge in [-0.1, -0.05) is 77.9 Å². The van der Waals surface area contributed by atoms with E-state index in [-0.39, 0.29) is 10.8 Å². The molecule has 0 fully saturated rings. The summed E-state index contributed by atoms with van der Waals surface area (Å²) in [5.41, 5.74) is 7.87. The fourth-order valence-electron chi connectivity index (χ4n) is 5.71. The van der Waals surface area contributed by atoms with Gasteiger partial charge in [0.25, 0.3) is 0 Å². The standard InChI is InChI=1S/C39H42N4O/c1-38(2,3)27-18-19-41-37(22-27)43-35-15-11-9-13-32(35)33-17-16-30(24-36(33)43)44-31-21-28(39(4,5)6)20-29(23-31)42-34-14-10-8-12-26(34)25-40-7/h8-24,40,42H,25H2,1-7H3. The predicted molar refractivity (Wildman–Crippen MR) is 185 cm³/mol. The van der Waals surface area contributed by atoms with E-state index in [1.54, 1.807) is 0 Å². The van der Waals surface area contributed by atoms with Crippen molar-refractivity contribution < 1.29 is 4.74 Å². The van der Waals surface area contributed by atoms with Crippen molar-refractivity contribution in [3.05, 3.63) is 120 Å². The van der Waals surface area contributed by atoms with Gasteiger partial charge in [-0.3, -0.25) is 4.57 Å². The molecule has 0 amide bonds. The fraction of sp³-hybridized carbons (Fsp3) is 0.256. The number of aromatic nitrogens is 2. The molecule has 0 radical (unpaired) electrons. The molecule has 6 aromatic rings. The molecule has 2 heterocycles. The minimum Gasteiger partial charge on any atom is -0.457 e. The quantitative estimate of drug-likeness (QED) is 0.197. The fourth-order valence-corrected chi connectivity index (χ4v) is 5.71. The molecule has 0 bridgehead atoms. The van der Waals surface area contributed by atoms with E-state index in [2.05, 4.69) is 154 Å². The molecule has 0 aliphatic heterocycles. The SMILES string of the molecule is CNCc1ccccc1Nc1cc(Oc2ccc3c4ccccc4n(-c4cc(C(C)(C)C)ccn4)c3c2)cc(C(C)(C)C)c1. The van der Waals surface area contributed by atoms with Gasteiger partial charge in [0.05, 0.1) is 11.0 Å². The first-order valence-corrected chi connectivity index (χ1v) is 15.3. The van der Waals surface area contributed by atoms with Gasteiger partial charge in [0.15, 0.2) is 0 Å². The number of anilines is 2. The lowest BCUT2D eigenvalue weighted by Crippen LogP contribution is -2.12. The molecule has 5 heteroatoms. The first-order chi connectivity index (χ1) is 21.0. The molecule has 0 atom stereocenters. The zero-order chi connectivity index (χ0) is 31.1. The highest BCUT2D eigenvalue weighted by Crippen LogP contribution is 2.38. The molecule has 2 aromatic heterocycles. The molecule has 6 rings (SSSR count). The van der Waals surface area contributed by atoms with Gasteiger partial charge < -0.3 is 15.4 Å². The third kappa shape index (κ3) is 5.93. The number of rotatable bonds is 7. The van der Waals surface area contributed by atoms with E-state index in [0.29, 0.717) is 0 Å². The maximum Gasteiger partial charge on any atom is 0.137 e. The minimum absolute atomic E-state index is 0.0160. The van der Waals surface area contributed by atoms with E-state index in [4.69, 9.17) is 9.72 Å². The number of benzene rings is 4. The Morgan fingerprint density at radius 3 is 2.18 bits per heavy atom. The molecule has 0 saturated heterocycles. The molecule has 0 aliphatic carbocycles. The molecule has 44 heavy (non-hydrogen) atoms. The lowest BCUT2D eigenvalue weighted by molar-refractivity contribution is 0.479. The summed E-state index contributed by atoms with van der Waals surface area (Å²) in [7, 11) is 1.97. The van der Waals surface area contributed by atoms with E-state index in [1.807, 2.05) is 13.2 Å². The summed E-state index contributed by atoms with van der Waals surface area (Å²) in [4.78, 5) is 4.83. The summed E-state index contributed by atoms with van der Waals surface area (Å²) in [6.45, 7) is 14.2. The Kier molecular flexibility index (Phi) is 7.68. The number of nitrogens with zero attached hydrogens (tertiary/aromatic N) is 2. The number of nitrogens with one attached hydrogen (secondary N) is 2. The van der Waals surface area contributed by atoms with Crippen LogP contribution in [-0.2, 0) is 17.4 Å². The number of hydrogen-bond acceptors (Lipinski definition) is 4. The lowest BCUT2D eigenvalue weighted by atomic mass is 9.86. The molecule has 4 aromatic carbocycles. The zero-order valence-corrected chi connectivity index (χ0v) is 26.8. The highest BCUT2D eigenvalue weighted by atomic mass is 16.5. The molecule has 0 saturated carbocycles. The van der Waals surface area contributed by atoms with E-state index in [9.17, 15) is 0 Å². The van der Waals surface area contributed by atoms with Crippen molar-refractivity contribution in [3.8, 4) is 17.3 Å². The van der Waals surface area contributed by atoms with Gasteiger partial charge in [-0.05, 0) is 83.1 Å². The van der Waals surface area contributed by atoms with Crippen molar-refractivity contribution >= 4 is 33.2 Å². The number of para-hydroxylation sites is 2. The molecule has 0 aliphatic rings. The summed E-state index contributed by atoms with van der Waals surface area (Å²) in [6, 6.07) is 34.1. The normalized spacial score (nSPS) is 12.2. The first-order valence-electron chi connectivity index (χ1n) is 15.3. The van der Waals surface area contributed by atoms with Gasteiger partial charge in [0.2, 0.25) is 0 Å².